The van der Waals surface area contributed by atoms with E-state index in [4.69, 9.17) is 0 Å². The highest BCUT2D eigenvalue weighted by atomic mass is 32.2. The molecule has 1 heterocycles. The number of nitrogens with zero attached hydrogens (tertiary/aromatic N) is 2. The average molecular weight is 403 g/mol. The van der Waals surface area contributed by atoms with Crippen molar-refractivity contribution in [2.24, 2.45) is 0 Å². The van der Waals surface area contributed by atoms with Crippen LogP contribution in [0.1, 0.15) is 24.1 Å². The van der Waals surface area contributed by atoms with Crippen molar-refractivity contribution in [3.05, 3.63) is 65.5 Å². The number of aryl methyl sites for hydroxylation is 1. The summed E-state index contributed by atoms with van der Waals surface area (Å²) >= 11 is 2.73. The van der Waals surface area contributed by atoms with Gasteiger partial charge in [0.1, 0.15) is 5.82 Å². The smallest absolute Gasteiger partial charge is 0.230 e. The molecule has 0 saturated heterocycles. The van der Waals surface area contributed by atoms with Gasteiger partial charge in [0.15, 0.2) is 4.34 Å². The van der Waals surface area contributed by atoms with Crippen molar-refractivity contribution in [3.63, 3.8) is 0 Å². The summed E-state index contributed by atoms with van der Waals surface area (Å²) in [7, 11) is 0. The van der Waals surface area contributed by atoms with E-state index in [9.17, 15) is 9.18 Å². The second-order valence-corrected chi connectivity index (χ2v) is 8.19. The molecule has 0 bridgehead atoms. The Labute approximate surface area is 165 Å². The lowest BCUT2D eigenvalue weighted by atomic mass is 10.1. The number of amides is 1. The number of hydrogen-bond donors (Lipinski definition) is 2. The van der Waals surface area contributed by atoms with Crippen LogP contribution in [0.15, 0.2) is 52.9 Å². The Morgan fingerprint density at radius 3 is 2.56 bits per heavy atom. The predicted molar refractivity (Wildman–Crippen MR) is 108 cm³/mol. The van der Waals surface area contributed by atoms with Crippen LogP contribution in [0, 0.1) is 12.7 Å². The molecule has 0 unspecified atom stereocenters. The Kier molecular flexibility index (Phi) is 6.41. The van der Waals surface area contributed by atoms with Gasteiger partial charge in [-0.3, -0.25) is 4.79 Å². The van der Waals surface area contributed by atoms with Gasteiger partial charge < -0.3 is 10.6 Å². The zero-order valence-electron chi connectivity index (χ0n) is 14.9. The van der Waals surface area contributed by atoms with Crippen LogP contribution in [-0.2, 0) is 4.79 Å². The molecule has 140 valence electrons. The quantitative estimate of drug-likeness (QED) is 0.561. The van der Waals surface area contributed by atoms with Gasteiger partial charge in [-0.1, -0.05) is 52.9 Å². The maximum absolute atomic E-state index is 13.0. The van der Waals surface area contributed by atoms with E-state index in [-0.39, 0.29) is 23.5 Å². The van der Waals surface area contributed by atoms with Crippen molar-refractivity contribution in [2.45, 2.75) is 24.2 Å². The molecule has 0 aliphatic heterocycles. The molecule has 5 nitrogen and oxygen atoms in total. The normalized spacial score (nSPS) is 11.8. The van der Waals surface area contributed by atoms with E-state index in [0.29, 0.717) is 9.47 Å². The number of carbonyl (C=O) groups is 1. The molecular formula is C19H19FN4OS2. The van der Waals surface area contributed by atoms with E-state index in [1.807, 2.05) is 38.1 Å². The summed E-state index contributed by atoms with van der Waals surface area (Å²) in [4.78, 5) is 12.1. The van der Waals surface area contributed by atoms with Gasteiger partial charge in [-0.15, -0.1) is 10.2 Å². The fraction of sp³-hybridized carbons (Fsp3) is 0.211. The van der Waals surface area contributed by atoms with Crippen LogP contribution in [0.3, 0.4) is 0 Å². The van der Waals surface area contributed by atoms with Gasteiger partial charge in [0.2, 0.25) is 11.0 Å². The maximum atomic E-state index is 13.0. The number of benzene rings is 2. The summed E-state index contributed by atoms with van der Waals surface area (Å²) in [6.45, 7) is 3.90. The number of halogens is 1. The highest BCUT2D eigenvalue weighted by molar-refractivity contribution is 8.01. The van der Waals surface area contributed by atoms with E-state index in [2.05, 4.69) is 20.8 Å². The topological polar surface area (TPSA) is 66.9 Å². The van der Waals surface area contributed by atoms with Crippen molar-refractivity contribution in [3.8, 4) is 0 Å². The number of anilines is 2. The van der Waals surface area contributed by atoms with Gasteiger partial charge in [-0.25, -0.2) is 4.39 Å². The SMILES string of the molecule is Cc1ccc(Nc2nnc(SCC(=O)N[C@@H](C)c3ccc(F)cc3)s2)cc1. The van der Waals surface area contributed by atoms with Crippen LogP contribution in [-0.4, -0.2) is 21.9 Å². The Bertz CT molecular complexity index is 897. The van der Waals surface area contributed by atoms with Crippen molar-refractivity contribution < 1.29 is 9.18 Å². The summed E-state index contributed by atoms with van der Waals surface area (Å²) in [5, 5.41) is 15.0. The molecule has 0 fully saturated rings. The van der Waals surface area contributed by atoms with Crippen molar-refractivity contribution >= 4 is 39.8 Å². The first kappa shape index (κ1) is 19.3. The Balaban J connectivity index is 1.48. The Hall–Kier alpha value is -2.45. The first-order chi connectivity index (χ1) is 13.0. The fourth-order valence-electron chi connectivity index (χ4n) is 2.32. The van der Waals surface area contributed by atoms with Crippen molar-refractivity contribution in [2.75, 3.05) is 11.1 Å². The van der Waals surface area contributed by atoms with Gasteiger partial charge in [0, 0.05) is 5.69 Å². The van der Waals surface area contributed by atoms with Crippen LogP contribution in [0.5, 0.6) is 0 Å². The number of carbonyl (C=O) groups excluding carboxylic acids is 1. The monoisotopic (exact) mass is 402 g/mol. The lowest BCUT2D eigenvalue weighted by Gasteiger charge is -2.13. The van der Waals surface area contributed by atoms with Gasteiger partial charge in [0.25, 0.3) is 0 Å². The minimum absolute atomic E-state index is 0.111. The molecule has 2 N–H and O–H groups in total. The number of hydrogen-bond acceptors (Lipinski definition) is 6. The fourth-order valence-corrected chi connectivity index (χ4v) is 3.91. The predicted octanol–water partition coefficient (Wildman–Crippen LogP) is 4.70. The average Bonchev–Trinajstić information content (AvgIpc) is 3.10. The molecular weight excluding hydrogens is 383 g/mol. The van der Waals surface area contributed by atoms with Crippen molar-refractivity contribution in [1.29, 1.82) is 0 Å². The zero-order valence-corrected chi connectivity index (χ0v) is 16.5. The minimum atomic E-state index is -0.292. The summed E-state index contributed by atoms with van der Waals surface area (Å²) < 4.78 is 13.7. The number of thioether (sulfide) groups is 1. The highest BCUT2D eigenvalue weighted by Gasteiger charge is 2.12. The maximum Gasteiger partial charge on any atom is 0.230 e. The second-order valence-electron chi connectivity index (χ2n) is 5.99. The van der Waals surface area contributed by atoms with E-state index < -0.39 is 0 Å². The molecule has 1 aromatic heterocycles. The van der Waals surface area contributed by atoms with E-state index >= 15 is 0 Å². The first-order valence-corrected chi connectivity index (χ1v) is 10.1. The minimum Gasteiger partial charge on any atom is -0.349 e. The molecule has 0 saturated carbocycles. The molecule has 0 radical (unpaired) electrons. The van der Waals surface area contributed by atoms with E-state index in [1.54, 1.807) is 12.1 Å². The van der Waals surface area contributed by atoms with Crippen LogP contribution in [0.4, 0.5) is 15.2 Å². The highest BCUT2D eigenvalue weighted by Crippen LogP contribution is 2.27. The van der Waals surface area contributed by atoms with Crippen molar-refractivity contribution in [1.82, 2.24) is 15.5 Å². The number of rotatable bonds is 7. The molecule has 3 aromatic rings. The molecule has 1 amide bonds. The standard InChI is InChI=1S/C19H19FN4OS2/c1-12-3-9-16(10-4-12)22-18-23-24-19(27-18)26-11-17(25)21-13(2)14-5-7-15(20)8-6-14/h3-10,13H,11H2,1-2H3,(H,21,25)(H,22,23)/t13-/m0/s1. The largest absolute Gasteiger partial charge is 0.349 e. The van der Waals surface area contributed by atoms with Crippen LogP contribution >= 0.6 is 23.1 Å². The van der Waals surface area contributed by atoms with Gasteiger partial charge in [-0.2, -0.15) is 0 Å². The summed E-state index contributed by atoms with van der Waals surface area (Å²) in [6.07, 6.45) is 0. The lowest BCUT2D eigenvalue weighted by molar-refractivity contribution is -0.119. The molecule has 8 heteroatoms. The van der Waals surface area contributed by atoms with E-state index in [1.165, 1.54) is 40.8 Å². The van der Waals surface area contributed by atoms with Crippen LogP contribution < -0.4 is 10.6 Å². The molecule has 2 aromatic carbocycles. The summed E-state index contributed by atoms with van der Waals surface area (Å²) in [5.41, 5.74) is 2.99. The van der Waals surface area contributed by atoms with Gasteiger partial charge in [0.05, 0.1) is 11.8 Å². The van der Waals surface area contributed by atoms with Gasteiger partial charge >= 0.3 is 0 Å². The Morgan fingerprint density at radius 2 is 1.85 bits per heavy atom. The third-order valence-electron chi connectivity index (χ3n) is 3.78. The molecule has 3 rings (SSSR count). The van der Waals surface area contributed by atoms with E-state index in [0.717, 1.165) is 11.3 Å². The second kappa shape index (κ2) is 8.96. The molecule has 0 spiro atoms. The number of nitrogens with one attached hydrogen (secondary N) is 2. The summed E-state index contributed by atoms with van der Waals surface area (Å²) in [5.74, 6) is -0.163. The molecule has 1 atom stereocenters. The lowest BCUT2D eigenvalue weighted by Crippen LogP contribution is -2.28. The third-order valence-corrected chi connectivity index (χ3v) is 5.76. The zero-order chi connectivity index (χ0) is 19.2. The molecule has 0 aliphatic rings. The van der Waals surface area contributed by atoms with Crippen LogP contribution in [0.2, 0.25) is 0 Å². The summed E-state index contributed by atoms with van der Waals surface area (Å²) in [6, 6.07) is 13.9. The molecule has 27 heavy (non-hydrogen) atoms. The number of aromatic nitrogens is 2. The third kappa shape index (κ3) is 5.77. The first-order valence-electron chi connectivity index (χ1n) is 8.34. The van der Waals surface area contributed by atoms with Gasteiger partial charge in [-0.05, 0) is 43.7 Å². The Morgan fingerprint density at radius 1 is 1.15 bits per heavy atom. The molecule has 0 aliphatic carbocycles. The van der Waals surface area contributed by atoms with Crippen LogP contribution in [0.25, 0.3) is 0 Å².